The molecule has 17 heavy (non-hydrogen) atoms. The van der Waals surface area contributed by atoms with Gasteiger partial charge in [0.1, 0.15) is 0 Å². The van der Waals surface area contributed by atoms with Crippen molar-refractivity contribution in [2.75, 3.05) is 7.11 Å². The number of hydrogen-bond acceptors (Lipinski definition) is 4. The van der Waals surface area contributed by atoms with Gasteiger partial charge in [-0.3, -0.25) is 0 Å². The maximum absolute atomic E-state index is 9.62. The summed E-state index contributed by atoms with van der Waals surface area (Å²) in [6, 6.07) is 5.13. The van der Waals surface area contributed by atoms with Crippen LogP contribution in [-0.2, 0) is 6.42 Å². The number of aryl methyl sites for hydroxylation is 1. The van der Waals surface area contributed by atoms with Gasteiger partial charge in [-0.05, 0) is 43.9 Å². The van der Waals surface area contributed by atoms with Crippen LogP contribution in [0.25, 0.3) is 0 Å². The van der Waals surface area contributed by atoms with E-state index in [-0.39, 0.29) is 5.75 Å². The van der Waals surface area contributed by atoms with Crippen molar-refractivity contribution in [2.45, 2.75) is 38.4 Å². The summed E-state index contributed by atoms with van der Waals surface area (Å²) >= 11 is 0. The summed E-state index contributed by atoms with van der Waals surface area (Å²) in [5.74, 6) is 0.549. The van der Waals surface area contributed by atoms with E-state index in [9.17, 15) is 10.2 Å². The summed E-state index contributed by atoms with van der Waals surface area (Å²) < 4.78 is 5.00. The van der Waals surface area contributed by atoms with Crippen molar-refractivity contribution in [3.8, 4) is 11.5 Å². The average molecular weight is 240 g/mol. The van der Waals surface area contributed by atoms with Gasteiger partial charge in [0, 0.05) is 0 Å². The molecule has 0 aliphatic rings. The molecule has 0 bridgehead atoms. The van der Waals surface area contributed by atoms with E-state index in [1.807, 2.05) is 0 Å². The molecule has 1 aromatic carbocycles. The van der Waals surface area contributed by atoms with Crippen LogP contribution in [0.2, 0.25) is 0 Å². The second-order valence-corrected chi connectivity index (χ2v) is 4.28. The number of aliphatic hydroxyl groups excluding tert-OH is 2. The van der Waals surface area contributed by atoms with Crippen molar-refractivity contribution in [3.05, 3.63) is 23.8 Å². The third-order valence-electron chi connectivity index (χ3n) is 2.62. The summed E-state index contributed by atoms with van der Waals surface area (Å²) in [4.78, 5) is 0. The Kier molecular flexibility index (Phi) is 5.25. The Labute approximate surface area is 101 Å². The van der Waals surface area contributed by atoms with E-state index < -0.39 is 12.2 Å². The van der Waals surface area contributed by atoms with Crippen molar-refractivity contribution >= 4 is 0 Å². The maximum Gasteiger partial charge on any atom is 0.160 e. The zero-order valence-corrected chi connectivity index (χ0v) is 10.3. The van der Waals surface area contributed by atoms with Gasteiger partial charge in [0.25, 0.3) is 0 Å². The highest BCUT2D eigenvalue weighted by Gasteiger charge is 2.09. The fourth-order valence-corrected chi connectivity index (χ4v) is 1.72. The number of hydrogen-bond donors (Lipinski definition) is 3. The first-order valence-corrected chi connectivity index (χ1v) is 5.75. The minimum absolute atomic E-state index is 0.112. The van der Waals surface area contributed by atoms with Crippen molar-refractivity contribution in [1.82, 2.24) is 0 Å². The highest BCUT2D eigenvalue weighted by Crippen LogP contribution is 2.26. The predicted molar refractivity (Wildman–Crippen MR) is 65.3 cm³/mol. The van der Waals surface area contributed by atoms with Crippen LogP contribution in [0.3, 0.4) is 0 Å². The second-order valence-electron chi connectivity index (χ2n) is 4.28. The summed E-state index contributed by atoms with van der Waals surface area (Å²) in [6.45, 7) is 1.66. The molecule has 0 unspecified atom stereocenters. The van der Waals surface area contributed by atoms with Gasteiger partial charge >= 0.3 is 0 Å². The van der Waals surface area contributed by atoms with Crippen LogP contribution in [0.4, 0.5) is 0 Å². The number of benzene rings is 1. The lowest BCUT2D eigenvalue weighted by Gasteiger charge is -2.12. The molecule has 4 nitrogen and oxygen atoms in total. The molecule has 0 fully saturated rings. The smallest absolute Gasteiger partial charge is 0.160 e. The number of aliphatic hydroxyl groups is 2. The number of phenolic OH excluding ortho intramolecular Hbond substituents is 1. The lowest BCUT2D eigenvalue weighted by atomic mass is 10.0. The molecule has 96 valence electrons. The first-order chi connectivity index (χ1) is 8.02. The van der Waals surface area contributed by atoms with Gasteiger partial charge in [-0.2, -0.15) is 0 Å². The molecule has 0 spiro atoms. The third-order valence-corrected chi connectivity index (χ3v) is 2.62. The Hall–Kier alpha value is -1.26. The summed E-state index contributed by atoms with van der Waals surface area (Å²) in [7, 11) is 1.50. The lowest BCUT2D eigenvalue weighted by Crippen LogP contribution is -2.15. The molecule has 0 aliphatic heterocycles. The van der Waals surface area contributed by atoms with Crippen molar-refractivity contribution in [1.29, 1.82) is 0 Å². The zero-order chi connectivity index (χ0) is 12.8. The Morgan fingerprint density at radius 1 is 1.29 bits per heavy atom. The minimum Gasteiger partial charge on any atom is -0.504 e. The van der Waals surface area contributed by atoms with Crippen molar-refractivity contribution in [2.24, 2.45) is 0 Å². The van der Waals surface area contributed by atoms with Crippen LogP contribution in [-0.4, -0.2) is 34.6 Å². The van der Waals surface area contributed by atoms with Crippen LogP contribution in [0.15, 0.2) is 18.2 Å². The van der Waals surface area contributed by atoms with Gasteiger partial charge < -0.3 is 20.1 Å². The van der Waals surface area contributed by atoms with E-state index in [1.165, 1.54) is 7.11 Å². The zero-order valence-electron chi connectivity index (χ0n) is 10.3. The van der Waals surface area contributed by atoms with Crippen LogP contribution in [0.5, 0.6) is 11.5 Å². The molecular weight excluding hydrogens is 220 g/mol. The van der Waals surface area contributed by atoms with Crippen molar-refractivity contribution < 1.29 is 20.1 Å². The number of rotatable bonds is 6. The quantitative estimate of drug-likeness (QED) is 0.704. The van der Waals surface area contributed by atoms with E-state index in [1.54, 1.807) is 25.1 Å². The molecule has 0 saturated heterocycles. The molecule has 0 amide bonds. The van der Waals surface area contributed by atoms with Crippen LogP contribution < -0.4 is 4.74 Å². The highest BCUT2D eigenvalue weighted by molar-refractivity contribution is 5.41. The molecule has 1 rings (SSSR count). The molecule has 0 aliphatic carbocycles. The topological polar surface area (TPSA) is 69.9 Å². The van der Waals surface area contributed by atoms with Gasteiger partial charge in [0.2, 0.25) is 0 Å². The van der Waals surface area contributed by atoms with E-state index >= 15 is 0 Å². The SMILES string of the molecule is COc1cc(CC[C@@H](O)C[C@H](C)O)ccc1O. The number of phenols is 1. The second kappa shape index (κ2) is 6.47. The van der Waals surface area contributed by atoms with Crippen LogP contribution in [0.1, 0.15) is 25.3 Å². The third kappa shape index (κ3) is 4.63. The van der Waals surface area contributed by atoms with Gasteiger partial charge in [-0.1, -0.05) is 6.07 Å². The fraction of sp³-hybridized carbons (Fsp3) is 0.538. The standard InChI is InChI=1S/C13H20O4/c1-9(14)7-11(15)5-3-10-4-6-12(16)13(8-10)17-2/h4,6,8-9,11,14-16H,3,5,7H2,1-2H3/t9-,11+/m0/s1. The lowest BCUT2D eigenvalue weighted by molar-refractivity contribution is 0.0854. The van der Waals surface area contributed by atoms with E-state index in [0.717, 1.165) is 5.56 Å². The highest BCUT2D eigenvalue weighted by atomic mass is 16.5. The molecule has 1 aromatic rings. The molecule has 3 N–H and O–H groups in total. The van der Waals surface area contributed by atoms with E-state index in [0.29, 0.717) is 25.0 Å². The average Bonchev–Trinajstić information content (AvgIpc) is 2.27. The normalized spacial score (nSPS) is 14.4. The molecule has 0 heterocycles. The fourth-order valence-electron chi connectivity index (χ4n) is 1.72. The molecule has 0 radical (unpaired) electrons. The van der Waals surface area contributed by atoms with Gasteiger partial charge in [0.15, 0.2) is 11.5 Å². The molecule has 0 saturated carbocycles. The molecule has 2 atom stereocenters. The van der Waals surface area contributed by atoms with Gasteiger partial charge in [-0.25, -0.2) is 0 Å². The summed E-state index contributed by atoms with van der Waals surface area (Å²) in [5.41, 5.74) is 0.990. The summed E-state index contributed by atoms with van der Waals surface area (Å²) in [5, 5.41) is 28.2. The molecule has 4 heteroatoms. The number of methoxy groups -OCH3 is 1. The first kappa shape index (κ1) is 13.8. The number of aromatic hydroxyl groups is 1. The maximum atomic E-state index is 9.62. The monoisotopic (exact) mass is 240 g/mol. The molecule has 0 aromatic heterocycles. The van der Waals surface area contributed by atoms with E-state index in [2.05, 4.69) is 0 Å². The van der Waals surface area contributed by atoms with Gasteiger partial charge in [-0.15, -0.1) is 0 Å². The van der Waals surface area contributed by atoms with Crippen LogP contribution in [0, 0.1) is 0 Å². The summed E-state index contributed by atoms with van der Waals surface area (Å²) in [6.07, 6.45) is 0.660. The Bertz CT molecular complexity index is 349. The first-order valence-electron chi connectivity index (χ1n) is 5.75. The minimum atomic E-state index is -0.505. The van der Waals surface area contributed by atoms with Crippen LogP contribution >= 0.6 is 0 Å². The van der Waals surface area contributed by atoms with Crippen molar-refractivity contribution in [3.63, 3.8) is 0 Å². The predicted octanol–water partition coefficient (Wildman–Crippen LogP) is 1.47. The van der Waals surface area contributed by atoms with E-state index in [4.69, 9.17) is 9.84 Å². The number of ether oxygens (including phenoxy) is 1. The Morgan fingerprint density at radius 2 is 2.00 bits per heavy atom. The van der Waals surface area contributed by atoms with Gasteiger partial charge in [0.05, 0.1) is 19.3 Å². The molecular formula is C13H20O4. The largest absolute Gasteiger partial charge is 0.504 e. The Morgan fingerprint density at radius 3 is 2.59 bits per heavy atom. The Balaban J connectivity index is 2.52.